The Hall–Kier alpha value is -1.17. The van der Waals surface area contributed by atoms with Crippen LogP contribution in [-0.4, -0.2) is 46.2 Å². The summed E-state index contributed by atoms with van der Waals surface area (Å²) < 4.78 is 5.27. The number of hydrogen-bond acceptors (Lipinski definition) is 4. The van der Waals surface area contributed by atoms with Crippen molar-refractivity contribution in [3.63, 3.8) is 0 Å². The number of hydrogen-bond donors (Lipinski definition) is 2. The molecule has 1 atom stereocenters. The molecule has 1 fully saturated rings. The topological polar surface area (TPSA) is 53.6 Å². The highest BCUT2D eigenvalue weighted by Gasteiger charge is 2.23. The summed E-state index contributed by atoms with van der Waals surface area (Å²) in [5.41, 5.74) is 1.19. The number of carbonyl (C=O) groups is 1. The molecule has 2 N–H and O–H groups in total. The summed E-state index contributed by atoms with van der Waals surface area (Å²) in [5, 5.41) is 6.01. The highest BCUT2D eigenvalue weighted by molar-refractivity contribution is 5.85. The van der Waals surface area contributed by atoms with Crippen molar-refractivity contribution in [1.29, 1.82) is 0 Å². The molecule has 0 saturated carbocycles. The summed E-state index contributed by atoms with van der Waals surface area (Å²) in [5.74, 6) is 1.54. The van der Waals surface area contributed by atoms with Crippen LogP contribution in [0.3, 0.4) is 0 Å². The maximum Gasteiger partial charge on any atom is 0.221 e. The van der Waals surface area contributed by atoms with Gasteiger partial charge in [-0.05, 0) is 31.5 Å². The summed E-state index contributed by atoms with van der Waals surface area (Å²) in [6.45, 7) is 3.51. The molecular formula is C16H27Cl2N3O2. The third-order valence-electron chi connectivity index (χ3n) is 3.89. The molecular weight excluding hydrogens is 337 g/mol. The lowest BCUT2D eigenvalue weighted by Crippen LogP contribution is -2.32. The molecule has 0 spiro atoms. The van der Waals surface area contributed by atoms with Crippen LogP contribution >= 0.6 is 24.8 Å². The van der Waals surface area contributed by atoms with E-state index in [9.17, 15) is 4.79 Å². The van der Waals surface area contributed by atoms with E-state index in [1.165, 1.54) is 5.69 Å². The minimum atomic E-state index is 0. The van der Waals surface area contributed by atoms with Crippen molar-refractivity contribution in [2.24, 2.45) is 5.92 Å². The van der Waals surface area contributed by atoms with Crippen molar-refractivity contribution in [3.8, 4) is 5.75 Å². The molecule has 0 bridgehead atoms. The molecule has 23 heavy (non-hydrogen) atoms. The number of anilines is 1. The monoisotopic (exact) mass is 363 g/mol. The Morgan fingerprint density at radius 1 is 1.39 bits per heavy atom. The quantitative estimate of drug-likeness (QED) is 0.778. The molecule has 0 aliphatic carbocycles. The Bertz CT molecular complexity index is 474. The highest BCUT2D eigenvalue weighted by atomic mass is 35.5. The second-order valence-corrected chi connectivity index (χ2v) is 5.46. The second kappa shape index (κ2) is 11.4. The lowest BCUT2D eigenvalue weighted by molar-refractivity contribution is -0.121. The summed E-state index contributed by atoms with van der Waals surface area (Å²) >= 11 is 0. The van der Waals surface area contributed by atoms with Gasteiger partial charge in [-0.2, -0.15) is 0 Å². The molecule has 1 aromatic carbocycles. The zero-order chi connectivity index (χ0) is 15.1. The molecule has 5 nitrogen and oxygen atoms in total. The minimum absolute atomic E-state index is 0. The first-order chi connectivity index (χ1) is 10.2. The molecule has 0 radical (unpaired) electrons. The number of nitrogens with one attached hydrogen (secondary N) is 2. The van der Waals surface area contributed by atoms with Crippen molar-refractivity contribution in [1.82, 2.24) is 10.6 Å². The van der Waals surface area contributed by atoms with Gasteiger partial charge in [0.15, 0.2) is 0 Å². The molecule has 0 aromatic heterocycles. The first kappa shape index (κ1) is 21.8. The van der Waals surface area contributed by atoms with Gasteiger partial charge in [-0.25, -0.2) is 0 Å². The van der Waals surface area contributed by atoms with Gasteiger partial charge in [-0.3, -0.25) is 4.79 Å². The van der Waals surface area contributed by atoms with Crippen LogP contribution in [0.15, 0.2) is 24.3 Å². The van der Waals surface area contributed by atoms with Crippen LogP contribution in [0.4, 0.5) is 5.69 Å². The largest absolute Gasteiger partial charge is 0.497 e. The number of halogens is 2. The fourth-order valence-corrected chi connectivity index (χ4v) is 2.63. The number of nitrogens with zero attached hydrogens (tertiary/aromatic N) is 1. The van der Waals surface area contributed by atoms with Gasteiger partial charge in [0, 0.05) is 44.4 Å². The summed E-state index contributed by atoms with van der Waals surface area (Å²) in [6, 6.07) is 8.14. The maximum absolute atomic E-state index is 11.6. The Morgan fingerprint density at radius 2 is 2.17 bits per heavy atom. The zero-order valence-corrected chi connectivity index (χ0v) is 15.3. The number of rotatable bonds is 7. The Morgan fingerprint density at radius 3 is 2.87 bits per heavy atom. The molecule has 1 heterocycles. The lowest BCUT2D eigenvalue weighted by Gasteiger charge is -2.19. The van der Waals surface area contributed by atoms with Crippen LogP contribution < -0.4 is 20.3 Å². The van der Waals surface area contributed by atoms with Gasteiger partial charge < -0.3 is 20.3 Å². The zero-order valence-electron chi connectivity index (χ0n) is 13.7. The second-order valence-electron chi connectivity index (χ2n) is 5.46. The first-order valence-electron chi connectivity index (χ1n) is 7.53. The standard InChI is InChI=1S/C16H25N3O2.2ClH/c1-17-8-6-16(20)18-11-13-7-9-19(12-13)14-4-3-5-15(10-14)21-2;;/h3-5,10,13,17H,6-9,11-12H2,1-2H3,(H,18,20);2*1H. The van der Waals surface area contributed by atoms with Crippen molar-refractivity contribution in [3.05, 3.63) is 24.3 Å². The summed E-state index contributed by atoms with van der Waals surface area (Å²) in [7, 11) is 3.54. The van der Waals surface area contributed by atoms with Crippen LogP contribution in [-0.2, 0) is 4.79 Å². The SMILES string of the molecule is CNCCC(=O)NCC1CCN(c2cccc(OC)c2)C1.Cl.Cl. The minimum Gasteiger partial charge on any atom is -0.497 e. The number of ether oxygens (including phenoxy) is 1. The van der Waals surface area contributed by atoms with Crippen LogP contribution in [0.1, 0.15) is 12.8 Å². The van der Waals surface area contributed by atoms with Gasteiger partial charge in [0.1, 0.15) is 5.75 Å². The van der Waals surface area contributed by atoms with Crippen molar-refractivity contribution >= 4 is 36.4 Å². The third-order valence-corrected chi connectivity index (χ3v) is 3.89. The van der Waals surface area contributed by atoms with Crippen molar-refractivity contribution in [2.45, 2.75) is 12.8 Å². The molecule has 1 aliphatic heterocycles. The van der Waals surface area contributed by atoms with E-state index in [2.05, 4.69) is 27.7 Å². The predicted molar refractivity (Wildman–Crippen MR) is 99.4 cm³/mol. The van der Waals surface area contributed by atoms with E-state index in [0.29, 0.717) is 12.3 Å². The molecule has 1 unspecified atom stereocenters. The van der Waals surface area contributed by atoms with Crippen LogP contribution in [0.5, 0.6) is 5.75 Å². The average molecular weight is 364 g/mol. The Balaban J connectivity index is 0.00000242. The van der Waals surface area contributed by atoms with Crippen LogP contribution in [0, 0.1) is 5.92 Å². The molecule has 1 saturated heterocycles. The molecule has 132 valence electrons. The third kappa shape index (κ3) is 6.85. The van der Waals surface area contributed by atoms with Gasteiger partial charge in [-0.15, -0.1) is 24.8 Å². The van der Waals surface area contributed by atoms with Crippen LogP contribution in [0.2, 0.25) is 0 Å². The van der Waals surface area contributed by atoms with E-state index in [0.717, 1.165) is 38.3 Å². The van der Waals surface area contributed by atoms with Gasteiger partial charge in [0.2, 0.25) is 5.91 Å². The van der Waals surface area contributed by atoms with Gasteiger partial charge in [0.25, 0.3) is 0 Å². The van der Waals surface area contributed by atoms with Gasteiger partial charge in [-0.1, -0.05) is 6.07 Å². The van der Waals surface area contributed by atoms with Crippen molar-refractivity contribution < 1.29 is 9.53 Å². The van der Waals surface area contributed by atoms with Crippen molar-refractivity contribution in [2.75, 3.05) is 45.2 Å². The number of benzene rings is 1. The van der Waals surface area contributed by atoms with E-state index in [-0.39, 0.29) is 30.7 Å². The number of methoxy groups -OCH3 is 1. The summed E-state index contributed by atoms with van der Waals surface area (Å²) in [4.78, 5) is 14.0. The van der Waals surface area contributed by atoms with Gasteiger partial charge >= 0.3 is 0 Å². The summed E-state index contributed by atoms with van der Waals surface area (Å²) in [6.07, 6.45) is 1.66. The fourth-order valence-electron chi connectivity index (χ4n) is 2.63. The molecule has 2 rings (SSSR count). The first-order valence-corrected chi connectivity index (χ1v) is 7.53. The van der Waals surface area contributed by atoms with E-state index in [4.69, 9.17) is 4.74 Å². The van der Waals surface area contributed by atoms with E-state index in [1.807, 2.05) is 19.2 Å². The molecule has 7 heteroatoms. The lowest BCUT2D eigenvalue weighted by atomic mass is 10.1. The molecule has 1 aliphatic rings. The normalized spacial score (nSPS) is 16.3. The smallest absolute Gasteiger partial charge is 0.221 e. The van der Waals surface area contributed by atoms with E-state index in [1.54, 1.807) is 7.11 Å². The fraction of sp³-hybridized carbons (Fsp3) is 0.562. The Kier molecular flexibility index (Phi) is 10.8. The van der Waals surface area contributed by atoms with Crippen LogP contribution in [0.25, 0.3) is 0 Å². The highest BCUT2D eigenvalue weighted by Crippen LogP contribution is 2.26. The Labute approximate surface area is 151 Å². The molecule has 1 aromatic rings. The predicted octanol–water partition coefficient (Wildman–Crippen LogP) is 2.09. The maximum atomic E-state index is 11.6. The molecule has 1 amide bonds. The van der Waals surface area contributed by atoms with E-state index < -0.39 is 0 Å². The number of carbonyl (C=O) groups excluding carboxylic acids is 1. The number of amides is 1. The van der Waals surface area contributed by atoms with Gasteiger partial charge in [0.05, 0.1) is 7.11 Å². The average Bonchev–Trinajstić information content (AvgIpc) is 3.00. The van der Waals surface area contributed by atoms with E-state index >= 15 is 0 Å².